The Bertz CT molecular complexity index is 780. The fourth-order valence-corrected chi connectivity index (χ4v) is 4.57. The first-order valence-corrected chi connectivity index (χ1v) is 9.14. The quantitative estimate of drug-likeness (QED) is 0.942. The van der Waals surface area contributed by atoms with Crippen LogP contribution >= 0.6 is 0 Å². The van der Waals surface area contributed by atoms with Crippen molar-refractivity contribution in [3.63, 3.8) is 0 Å². The highest BCUT2D eigenvalue weighted by Gasteiger charge is 2.27. The molecule has 0 amide bonds. The molecule has 0 saturated carbocycles. The lowest BCUT2D eigenvalue weighted by atomic mass is 9.88. The zero-order valence-electron chi connectivity index (χ0n) is 12.9. The van der Waals surface area contributed by atoms with Crippen LogP contribution in [-0.4, -0.2) is 18.2 Å². The number of nitrogens with one attached hydrogen (secondary N) is 1. The standard InChI is InChI=1S/C16H21N3O2S/c1-3-19-12(2)16(11-17-19)22(20,21)18-15-10-6-8-13-7-4-5-9-14(13)15/h4-5,7,9,11,15,18H,3,6,8,10H2,1-2H3. The zero-order valence-corrected chi connectivity index (χ0v) is 13.7. The van der Waals surface area contributed by atoms with Crippen LogP contribution in [0.4, 0.5) is 0 Å². The summed E-state index contributed by atoms with van der Waals surface area (Å²) in [5.41, 5.74) is 3.01. The van der Waals surface area contributed by atoms with E-state index in [4.69, 9.17) is 0 Å². The number of sulfonamides is 1. The normalized spacial score (nSPS) is 18.2. The van der Waals surface area contributed by atoms with Crippen LogP contribution in [0.3, 0.4) is 0 Å². The van der Waals surface area contributed by atoms with E-state index in [9.17, 15) is 8.42 Å². The molecular weight excluding hydrogens is 298 g/mol. The van der Waals surface area contributed by atoms with Crippen molar-refractivity contribution in [1.29, 1.82) is 0 Å². The van der Waals surface area contributed by atoms with Crippen LogP contribution in [0.15, 0.2) is 35.4 Å². The molecule has 5 nitrogen and oxygen atoms in total. The second-order valence-corrected chi connectivity index (χ2v) is 7.36. The molecule has 1 aromatic carbocycles. The minimum Gasteiger partial charge on any atom is -0.269 e. The number of aryl methyl sites for hydroxylation is 2. The first-order valence-electron chi connectivity index (χ1n) is 7.65. The van der Waals surface area contributed by atoms with E-state index in [0.29, 0.717) is 12.2 Å². The van der Waals surface area contributed by atoms with Gasteiger partial charge in [0, 0.05) is 12.6 Å². The molecule has 22 heavy (non-hydrogen) atoms. The van der Waals surface area contributed by atoms with Crippen molar-refractivity contribution in [2.75, 3.05) is 0 Å². The second-order valence-electron chi connectivity index (χ2n) is 5.67. The molecule has 0 saturated heterocycles. The fraction of sp³-hybridized carbons (Fsp3) is 0.438. The first-order chi connectivity index (χ1) is 10.5. The van der Waals surface area contributed by atoms with Gasteiger partial charge in [0.15, 0.2) is 0 Å². The van der Waals surface area contributed by atoms with E-state index in [0.717, 1.165) is 24.8 Å². The van der Waals surface area contributed by atoms with Gasteiger partial charge >= 0.3 is 0 Å². The molecule has 3 rings (SSSR count). The molecule has 0 aliphatic heterocycles. The van der Waals surface area contributed by atoms with Gasteiger partial charge in [-0.2, -0.15) is 5.10 Å². The molecular formula is C16H21N3O2S. The first kappa shape index (κ1) is 15.2. The molecule has 118 valence electrons. The van der Waals surface area contributed by atoms with Gasteiger partial charge in [0.1, 0.15) is 4.90 Å². The molecule has 2 aromatic rings. The van der Waals surface area contributed by atoms with Gasteiger partial charge in [-0.1, -0.05) is 24.3 Å². The van der Waals surface area contributed by atoms with E-state index >= 15 is 0 Å². The lowest BCUT2D eigenvalue weighted by Crippen LogP contribution is -2.31. The molecule has 1 atom stereocenters. The number of nitrogens with zero attached hydrogens (tertiary/aromatic N) is 2. The van der Waals surface area contributed by atoms with Crippen molar-refractivity contribution in [2.45, 2.75) is 50.6 Å². The van der Waals surface area contributed by atoms with Gasteiger partial charge in [-0.3, -0.25) is 4.68 Å². The average molecular weight is 319 g/mol. The van der Waals surface area contributed by atoms with Crippen molar-refractivity contribution in [3.05, 3.63) is 47.3 Å². The summed E-state index contributed by atoms with van der Waals surface area (Å²) in [6.45, 7) is 4.40. The molecule has 0 spiro atoms. The minimum atomic E-state index is -3.56. The van der Waals surface area contributed by atoms with Gasteiger partial charge in [-0.25, -0.2) is 13.1 Å². The van der Waals surface area contributed by atoms with Crippen LogP contribution in [0.2, 0.25) is 0 Å². The Hall–Kier alpha value is -1.66. The Morgan fingerprint density at radius 1 is 1.36 bits per heavy atom. The molecule has 1 heterocycles. The summed E-state index contributed by atoms with van der Waals surface area (Å²) in [5, 5.41) is 4.14. The summed E-state index contributed by atoms with van der Waals surface area (Å²) < 4.78 is 30.0. The van der Waals surface area contributed by atoms with Crippen molar-refractivity contribution in [2.24, 2.45) is 0 Å². The van der Waals surface area contributed by atoms with E-state index in [1.807, 2.05) is 25.1 Å². The third-order valence-electron chi connectivity index (χ3n) is 4.31. The Labute approximate surface area is 131 Å². The van der Waals surface area contributed by atoms with E-state index in [2.05, 4.69) is 15.9 Å². The second kappa shape index (κ2) is 5.85. The highest BCUT2D eigenvalue weighted by Crippen LogP contribution is 2.31. The molecule has 0 fully saturated rings. The number of aromatic nitrogens is 2. The predicted molar refractivity (Wildman–Crippen MR) is 85.1 cm³/mol. The van der Waals surface area contributed by atoms with Crippen LogP contribution < -0.4 is 4.72 Å². The van der Waals surface area contributed by atoms with E-state index < -0.39 is 10.0 Å². The number of fused-ring (bicyclic) bond motifs is 1. The van der Waals surface area contributed by atoms with Crippen LogP contribution in [-0.2, 0) is 23.0 Å². The van der Waals surface area contributed by atoms with Crippen molar-refractivity contribution in [1.82, 2.24) is 14.5 Å². The average Bonchev–Trinajstić information content (AvgIpc) is 2.89. The lowest BCUT2D eigenvalue weighted by Gasteiger charge is -2.26. The Morgan fingerprint density at radius 3 is 2.86 bits per heavy atom. The maximum absolute atomic E-state index is 12.7. The van der Waals surface area contributed by atoms with Gasteiger partial charge in [0.05, 0.1) is 11.9 Å². The SMILES string of the molecule is CCn1ncc(S(=O)(=O)NC2CCCc3ccccc32)c1C. The van der Waals surface area contributed by atoms with Crippen LogP contribution in [0, 0.1) is 6.92 Å². The number of benzene rings is 1. The highest BCUT2D eigenvalue weighted by molar-refractivity contribution is 7.89. The van der Waals surface area contributed by atoms with Gasteiger partial charge < -0.3 is 0 Å². The lowest BCUT2D eigenvalue weighted by molar-refractivity contribution is 0.507. The number of hydrogen-bond acceptors (Lipinski definition) is 3. The summed E-state index contributed by atoms with van der Waals surface area (Å²) in [6.07, 6.45) is 4.28. The van der Waals surface area contributed by atoms with E-state index in [1.54, 1.807) is 11.6 Å². The molecule has 0 radical (unpaired) electrons. The molecule has 1 N–H and O–H groups in total. The molecule has 6 heteroatoms. The van der Waals surface area contributed by atoms with Crippen molar-refractivity contribution in [3.8, 4) is 0 Å². The predicted octanol–water partition coefficient (Wildman–Crippen LogP) is 2.57. The molecule has 0 bridgehead atoms. The summed E-state index contributed by atoms with van der Waals surface area (Å²) >= 11 is 0. The third kappa shape index (κ3) is 2.68. The summed E-state index contributed by atoms with van der Waals surface area (Å²) in [4.78, 5) is 0.275. The highest BCUT2D eigenvalue weighted by atomic mass is 32.2. The topological polar surface area (TPSA) is 64.0 Å². The van der Waals surface area contributed by atoms with Crippen molar-refractivity contribution < 1.29 is 8.42 Å². The van der Waals surface area contributed by atoms with Gasteiger partial charge in [0.25, 0.3) is 0 Å². The number of rotatable bonds is 4. The molecule has 1 aromatic heterocycles. The van der Waals surface area contributed by atoms with Crippen LogP contribution in [0.25, 0.3) is 0 Å². The van der Waals surface area contributed by atoms with E-state index in [-0.39, 0.29) is 10.9 Å². The van der Waals surface area contributed by atoms with Gasteiger partial charge in [-0.15, -0.1) is 0 Å². The van der Waals surface area contributed by atoms with Gasteiger partial charge in [0.2, 0.25) is 10.0 Å². The van der Waals surface area contributed by atoms with Crippen LogP contribution in [0.5, 0.6) is 0 Å². The maximum Gasteiger partial charge on any atom is 0.244 e. The van der Waals surface area contributed by atoms with Gasteiger partial charge in [-0.05, 0) is 44.2 Å². The number of hydrogen-bond donors (Lipinski definition) is 1. The summed E-state index contributed by atoms with van der Waals surface area (Å²) in [5.74, 6) is 0. The molecule has 1 aliphatic rings. The zero-order chi connectivity index (χ0) is 15.7. The Balaban J connectivity index is 1.91. The fourth-order valence-electron chi connectivity index (χ4n) is 3.14. The summed E-state index contributed by atoms with van der Waals surface area (Å²) in [7, 11) is -3.56. The third-order valence-corrected chi connectivity index (χ3v) is 5.89. The minimum absolute atomic E-state index is 0.153. The maximum atomic E-state index is 12.7. The molecule has 1 aliphatic carbocycles. The Morgan fingerprint density at radius 2 is 2.14 bits per heavy atom. The summed E-state index contributed by atoms with van der Waals surface area (Å²) in [6, 6.07) is 7.91. The van der Waals surface area contributed by atoms with Crippen molar-refractivity contribution >= 4 is 10.0 Å². The molecule has 1 unspecified atom stereocenters. The van der Waals surface area contributed by atoms with Crippen LogP contribution in [0.1, 0.15) is 42.6 Å². The Kier molecular flexibility index (Phi) is 4.06. The van der Waals surface area contributed by atoms with E-state index in [1.165, 1.54) is 11.8 Å². The largest absolute Gasteiger partial charge is 0.269 e. The monoisotopic (exact) mass is 319 g/mol. The smallest absolute Gasteiger partial charge is 0.244 e.